The van der Waals surface area contributed by atoms with E-state index in [2.05, 4.69) is 0 Å². The number of hydrogen-bond donors (Lipinski definition) is 1. The average molecular weight is 298 g/mol. The third-order valence-electron chi connectivity index (χ3n) is 2.66. The lowest BCUT2D eigenvalue weighted by Crippen LogP contribution is -2.08. The number of halogens is 3. The Bertz CT molecular complexity index is 646. The molecule has 0 aliphatic rings. The van der Waals surface area contributed by atoms with Crippen LogP contribution in [0.3, 0.4) is 0 Å². The molecule has 0 radical (unpaired) electrons. The van der Waals surface area contributed by atoms with E-state index in [9.17, 15) is 13.6 Å². The van der Waals surface area contributed by atoms with E-state index in [1.54, 1.807) is 0 Å². The predicted octanol–water partition coefficient (Wildman–Crippen LogP) is 3.44. The van der Waals surface area contributed by atoms with Gasteiger partial charge in [0, 0.05) is 28.4 Å². The van der Waals surface area contributed by atoms with Gasteiger partial charge in [0.05, 0.1) is 12.7 Å². The summed E-state index contributed by atoms with van der Waals surface area (Å²) >= 11 is 5.77. The van der Waals surface area contributed by atoms with Crippen molar-refractivity contribution < 1.29 is 18.3 Å². The van der Waals surface area contributed by atoms with Crippen LogP contribution in [0.5, 0.6) is 5.75 Å². The van der Waals surface area contributed by atoms with E-state index in [0.29, 0.717) is 0 Å². The van der Waals surface area contributed by atoms with E-state index in [0.717, 1.165) is 12.1 Å². The summed E-state index contributed by atoms with van der Waals surface area (Å²) in [7, 11) is 1.27. The SMILES string of the molecule is COc1cc(F)c(C(=O)c2cc(N)cc(Cl)c2)c(F)c1. The lowest BCUT2D eigenvalue weighted by molar-refractivity contribution is 0.103. The monoisotopic (exact) mass is 297 g/mol. The molecule has 2 N–H and O–H groups in total. The second-order valence-corrected chi connectivity index (χ2v) is 4.50. The fourth-order valence-corrected chi connectivity index (χ4v) is 2.02. The van der Waals surface area contributed by atoms with Gasteiger partial charge in [-0.15, -0.1) is 0 Å². The Labute approximate surface area is 118 Å². The summed E-state index contributed by atoms with van der Waals surface area (Å²) in [6, 6.07) is 5.90. The summed E-state index contributed by atoms with van der Waals surface area (Å²) in [6.45, 7) is 0. The van der Waals surface area contributed by atoms with Gasteiger partial charge in [0.2, 0.25) is 0 Å². The summed E-state index contributed by atoms with van der Waals surface area (Å²) in [5, 5.41) is 0.211. The van der Waals surface area contributed by atoms with E-state index >= 15 is 0 Å². The summed E-state index contributed by atoms with van der Waals surface area (Å²) in [5.74, 6) is -2.87. The minimum absolute atomic E-state index is 0.0119. The molecule has 0 heterocycles. The first-order valence-corrected chi connectivity index (χ1v) is 5.94. The highest BCUT2D eigenvalue weighted by atomic mass is 35.5. The third-order valence-corrected chi connectivity index (χ3v) is 2.88. The number of carbonyl (C=O) groups excluding carboxylic acids is 1. The summed E-state index contributed by atoms with van der Waals surface area (Å²) < 4.78 is 32.4. The number of rotatable bonds is 3. The minimum atomic E-state index is -1.01. The normalized spacial score (nSPS) is 10.4. The first kappa shape index (κ1) is 14.3. The molecule has 2 rings (SSSR count). The molecule has 104 valence electrons. The number of nitrogen functional groups attached to an aromatic ring is 1. The van der Waals surface area contributed by atoms with Crippen LogP contribution in [0.1, 0.15) is 15.9 Å². The van der Waals surface area contributed by atoms with Crippen LogP contribution in [0.25, 0.3) is 0 Å². The molecular formula is C14H10ClF2NO2. The summed E-state index contributed by atoms with van der Waals surface area (Å²) in [6.07, 6.45) is 0. The van der Waals surface area contributed by atoms with Crippen LogP contribution in [0.15, 0.2) is 30.3 Å². The van der Waals surface area contributed by atoms with Gasteiger partial charge in [-0.3, -0.25) is 4.79 Å². The Hall–Kier alpha value is -2.14. The molecule has 0 aliphatic heterocycles. The highest BCUT2D eigenvalue weighted by Gasteiger charge is 2.21. The molecule has 0 spiro atoms. The second-order valence-electron chi connectivity index (χ2n) is 4.07. The molecule has 0 aliphatic carbocycles. The number of benzene rings is 2. The summed E-state index contributed by atoms with van der Waals surface area (Å²) in [5.41, 5.74) is 5.12. The number of anilines is 1. The number of carbonyl (C=O) groups is 1. The van der Waals surface area contributed by atoms with Crippen molar-refractivity contribution in [3.05, 3.63) is 58.1 Å². The maximum Gasteiger partial charge on any atom is 0.199 e. The van der Waals surface area contributed by atoms with Crippen LogP contribution >= 0.6 is 11.6 Å². The van der Waals surface area contributed by atoms with Gasteiger partial charge in [0.1, 0.15) is 17.4 Å². The maximum absolute atomic E-state index is 13.8. The predicted molar refractivity (Wildman–Crippen MR) is 72.2 cm³/mol. The number of methoxy groups -OCH3 is 1. The number of hydrogen-bond acceptors (Lipinski definition) is 3. The van der Waals surface area contributed by atoms with Gasteiger partial charge in [-0.05, 0) is 18.2 Å². The molecule has 3 nitrogen and oxygen atoms in total. The molecular weight excluding hydrogens is 288 g/mol. The molecule has 0 saturated heterocycles. The molecule has 2 aromatic rings. The smallest absolute Gasteiger partial charge is 0.199 e. The topological polar surface area (TPSA) is 52.3 Å². The van der Waals surface area contributed by atoms with Gasteiger partial charge in [0.25, 0.3) is 0 Å². The van der Waals surface area contributed by atoms with Crippen LogP contribution in [0, 0.1) is 11.6 Å². The fourth-order valence-electron chi connectivity index (χ4n) is 1.77. The first-order valence-electron chi connectivity index (χ1n) is 5.56. The van der Waals surface area contributed by atoms with Crippen molar-refractivity contribution in [3.8, 4) is 5.75 Å². The molecule has 0 saturated carbocycles. The van der Waals surface area contributed by atoms with Crippen LogP contribution < -0.4 is 10.5 Å². The zero-order valence-corrected chi connectivity index (χ0v) is 11.2. The molecule has 0 aromatic heterocycles. The molecule has 0 unspecified atom stereocenters. The van der Waals surface area contributed by atoms with Crippen LogP contribution in [0.4, 0.5) is 14.5 Å². The van der Waals surface area contributed by atoms with Crippen molar-refractivity contribution >= 4 is 23.1 Å². The molecule has 0 amide bonds. The van der Waals surface area contributed by atoms with Crippen LogP contribution in [-0.4, -0.2) is 12.9 Å². The van der Waals surface area contributed by atoms with Gasteiger partial charge in [-0.2, -0.15) is 0 Å². The van der Waals surface area contributed by atoms with Crippen molar-refractivity contribution in [2.24, 2.45) is 0 Å². The standard InChI is InChI=1S/C14H10ClF2NO2/c1-20-10-5-11(16)13(12(17)6-10)14(19)7-2-8(15)4-9(18)3-7/h2-6H,18H2,1H3. The Kier molecular flexibility index (Phi) is 3.90. The van der Waals surface area contributed by atoms with Crippen molar-refractivity contribution in [3.63, 3.8) is 0 Å². The Balaban J connectivity index is 2.53. The van der Waals surface area contributed by atoms with E-state index in [1.807, 2.05) is 0 Å². The fraction of sp³-hybridized carbons (Fsp3) is 0.0714. The number of ketones is 1. The lowest BCUT2D eigenvalue weighted by Gasteiger charge is -2.08. The van der Waals surface area contributed by atoms with E-state index < -0.39 is 23.0 Å². The molecule has 20 heavy (non-hydrogen) atoms. The molecule has 2 aromatic carbocycles. The Morgan fingerprint density at radius 3 is 2.25 bits per heavy atom. The van der Waals surface area contributed by atoms with Gasteiger partial charge < -0.3 is 10.5 Å². The quantitative estimate of drug-likeness (QED) is 0.697. The van der Waals surface area contributed by atoms with Gasteiger partial charge in [-0.1, -0.05) is 11.6 Å². The van der Waals surface area contributed by atoms with Crippen molar-refractivity contribution in [2.75, 3.05) is 12.8 Å². The number of ether oxygens (including phenoxy) is 1. The Morgan fingerprint density at radius 2 is 1.75 bits per heavy atom. The van der Waals surface area contributed by atoms with Crippen molar-refractivity contribution in [1.29, 1.82) is 0 Å². The van der Waals surface area contributed by atoms with E-state index in [4.69, 9.17) is 22.1 Å². The largest absolute Gasteiger partial charge is 0.497 e. The van der Waals surface area contributed by atoms with Gasteiger partial charge in [-0.25, -0.2) is 8.78 Å². The van der Waals surface area contributed by atoms with Crippen LogP contribution in [0.2, 0.25) is 5.02 Å². The van der Waals surface area contributed by atoms with Gasteiger partial charge in [0.15, 0.2) is 5.78 Å². The molecule has 6 heteroatoms. The minimum Gasteiger partial charge on any atom is -0.497 e. The highest BCUT2D eigenvalue weighted by Crippen LogP contribution is 2.25. The lowest BCUT2D eigenvalue weighted by atomic mass is 10.0. The maximum atomic E-state index is 13.8. The van der Waals surface area contributed by atoms with Crippen LogP contribution in [-0.2, 0) is 0 Å². The first-order chi connectivity index (χ1) is 9.42. The van der Waals surface area contributed by atoms with Crippen molar-refractivity contribution in [2.45, 2.75) is 0 Å². The van der Waals surface area contributed by atoms with Gasteiger partial charge >= 0.3 is 0 Å². The highest BCUT2D eigenvalue weighted by molar-refractivity contribution is 6.31. The number of nitrogens with two attached hydrogens (primary N) is 1. The zero-order chi connectivity index (χ0) is 14.9. The molecule has 0 fully saturated rings. The van der Waals surface area contributed by atoms with E-state index in [-0.39, 0.29) is 22.0 Å². The molecule has 0 bridgehead atoms. The summed E-state index contributed by atoms with van der Waals surface area (Å²) in [4.78, 5) is 12.2. The van der Waals surface area contributed by atoms with Crippen molar-refractivity contribution in [1.82, 2.24) is 0 Å². The third kappa shape index (κ3) is 2.72. The molecule has 0 atom stereocenters. The zero-order valence-electron chi connectivity index (χ0n) is 10.4. The van der Waals surface area contributed by atoms with E-state index in [1.165, 1.54) is 25.3 Å². The average Bonchev–Trinajstić information content (AvgIpc) is 2.36. The second kappa shape index (κ2) is 5.46. The Morgan fingerprint density at radius 1 is 1.15 bits per heavy atom.